The summed E-state index contributed by atoms with van der Waals surface area (Å²) in [6, 6.07) is 0. The molecular formula is C16H4F10O3. The highest BCUT2D eigenvalue weighted by molar-refractivity contribution is 5.31. The Hall–Kier alpha value is -3.38. The highest BCUT2D eigenvalue weighted by Gasteiger charge is 2.27. The largest absolute Gasteiger partial charge is 0.466 e. The second-order valence-electron chi connectivity index (χ2n) is 4.71. The molecule has 2 aromatic carbocycles. The summed E-state index contributed by atoms with van der Waals surface area (Å²) in [5.41, 5.74) is 0. The molecular weight excluding hydrogens is 430 g/mol. The van der Waals surface area contributed by atoms with Gasteiger partial charge in [-0.3, -0.25) is 0 Å². The smallest absolute Gasteiger partial charge is 0.207 e. The Morgan fingerprint density at radius 3 is 0.862 bits per heavy atom. The zero-order chi connectivity index (χ0) is 21.9. The second kappa shape index (κ2) is 8.75. The molecule has 0 atom stereocenters. The second-order valence-corrected chi connectivity index (χ2v) is 4.71. The minimum atomic E-state index is -2.40. The first-order valence-corrected chi connectivity index (χ1v) is 6.91. The van der Waals surface area contributed by atoms with Gasteiger partial charge in [-0.15, -0.1) is 0 Å². The van der Waals surface area contributed by atoms with Gasteiger partial charge in [0.05, 0.1) is 0 Å². The van der Waals surface area contributed by atoms with E-state index in [2.05, 4.69) is 14.2 Å². The molecule has 0 aliphatic carbocycles. The number of ether oxygens (including phenoxy) is 3. The summed E-state index contributed by atoms with van der Waals surface area (Å²) < 4.78 is 143. The minimum Gasteiger partial charge on any atom is -0.466 e. The van der Waals surface area contributed by atoms with Gasteiger partial charge in [0.1, 0.15) is 25.0 Å². The molecule has 13 heteroatoms. The maximum atomic E-state index is 13.3. The van der Waals surface area contributed by atoms with Gasteiger partial charge in [0.25, 0.3) is 0 Å². The van der Waals surface area contributed by atoms with E-state index in [0.717, 1.165) is 0 Å². The lowest BCUT2D eigenvalue weighted by Crippen LogP contribution is -2.04. The van der Waals surface area contributed by atoms with Crippen LogP contribution in [0.3, 0.4) is 0 Å². The molecule has 0 spiro atoms. The van der Waals surface area contributed by atoms with E-state index in [4.69, 9.17) is 0 Å². The Labute approximate surface area is 154 Å². The van der Waals surface area contributed by atoms with E-state index in [1.165, 1.54) is 0 Å². The summed E-state index contributed by atoms with van der Waals surface area (Å²) in [5, 5.41) is 0. The van der Waals surface area contributed by atoms with E-state index in [0.29, 0.717) is 25.0 Å². The van der Waals surface area contributed by atoms with Crippen LogP contribution in [-0.4, -0.2) is 0 Å². The van der Waals surface area contributed by atoms with Gasteiger partial charge >= 0.3 is 0 Å². The van der Waals surface area contributed by atoms with E-state index in [9.17, 15) is 43.9 Å². The molecule has 0 unspecified atom stereocenters. The first kappa shape index (κ1) is 21.9. The molecule has 0 aromatic heterocycles. The van der Waals surface area contributed by atoms with E-state index in [-0.39, 0.29) is 0 Å². The number of hydrogen-bond acceptors (Lipinski definition) is 3. The maximum absolute atomic E-state index is 13.3. The fraction of sp³-hybridized carbons (Fsp3) is 0. The Kier molecular flexibility index (Phi) is 6.61. The number of rotatable bonds is 6. The molecule has 2 rings (SSSR count). The van der Waals surface area contributed by atoms with Gasteiger partial charge in [-0.25, -0.2) is 26.3 Å². The zero-order valence-electron chi connectivity index (χ0n) is 13.3. The van der Waals surface area contributed by atoms with E-state index in [1.807, 2.05) is 0 Å². The highest BCUT2D eigenvalue weighted by Crippen LogP contribution is 2.30. The van der Waals surface area contributed by atoms with Crippen molar-refractivity contribution in [3.63, 3.8) is 0 Å². The molecule has 0 fully saturated rings. The van der Waals surface area contributed by atoms with Crippen molar-refractivity contribution in [1.29, 1.82) is 0 Å². The zero-order valence-corrected chi connectivity index (χ0v) is 13.3. The summed E-state index contributed by atoms with van der Waals surface area (Å²) >= 11 is 0. The van der Waals surface area contributed by atoms with Crippen molar-refractivity contribution in [1.82, 2.24) is 0 Å². The molecule has 0 saturated heterocycles. The quantitative estimate of drug-likeness (QED) is 0.260. The summed E-state index contributed by atoms with van der Waals surface area (Å²) in [6.07, 6.45) is 1.49. The average molecular weight is 434 g/mol. The van der Waals surface area contributed by atoms with Crippen LogP contribution in [0.2, 0.25) is 0 Å². The lowest BCUT2D eigenvalue weighted by Gasteiger charge is -2.06. The molecule has 0 aliphatic heterocycles. The maximum Gasteiger partial charge on any atom is 0.207 e. The molecule has 3 nitrogen and oxygen atoms in total. The molecule has 0 N–H and O–H groups in total. The molecule has 0 bridgehead atoms. The number of hydrogen-bond donors (Lipinski definition) is 0. The van der Waals surface area contributed by atoms with Crippen LogP contribution in [0.4, 0.5) is 43.9 Å². The lowest BCUT2D eigenvalue weighted by molar-refractivity contribution is 0.308. The van der Waals surface area contributed by atoms with Gasteiger partial charge < -0.3 is 14.2 Å². The molecule has 29 heavy (non-hydrogen) atoms. The van der Waals surface area contributed by atoms with Crippen LogP contribution in [-0.2, 0) is 4.74 Å². The van der Waals surface area contributed by atoms with Crippen molar-refractivity contribution in [3.05, 3.63) is 83.2 Å². The lowest BCUT2D eigenvalue weighted by atomic mass is 10.3. The van der Waals surface area contributed by atoms with E-state index in [1.54, 1.807) is 0 Å². The summed E-state index contributed by atoms with van der Waals surface area (Å²) in [5.74, 6) is -26.2. The minimum absolute atomic E-state index is 0.307. The van der Waals surface area contributed by atoms with Crippen LogP contribution in [0.1, 0.15) is 0 Å². The number of benzene rings is 2. The highest BCUT2D eigenvalue weighted by atomic mass is 19.2. The molecule has 2 aromatic rings. The first-order chi connectivity index (χ1) is 13.6. The SMILES string of the molecule is Fc1c(F)c(F)c(OC=COC=COc2c(F)c(F)c(F)c(F)c2F)c(F)c1F. The topological polar surface area (TPSA) is 27.7 Å². The van der Waals surface area contributed by atoms with Gasteiger partial charge in [-0.05, 0) is 0 Å². The van der Waals surface area contributed by atoms with E-state index >= 15 is 0 Å². The van der Waals surface area contributed by atoms with Crippen molar-refractivity contribution >= 4 is 0 Å². The van der Waals surface area contributed by atoms with Gasteiger partial charge in [0.15, 0.2) is 0 Å². The molecule has 0 saturated carbocycles. The fourth-order valence-corrected chi connectivity index (χ4v) is 1.68. The third kappa shape index (κ3) is 4.22. The summed E-state index contributed by atoms with van der Waals surface area (Å²) in [7, 11) is 0. The Morgan fingerprint density at radius 1 is 0.345 bits per heavy atom. The van der Waals surface area contributed by atoms with Crippen LogP contribution < -0.4 is 9.47 Å². The number of halogens is 10. The van der Waals surface area contributed by atoms with Crippen LogP contribution in [0.15, 0.2) is 25.0 Å². The van der Waals surface area contributed by atoms with Crippen molar-refractivity contribution in [2.24, 2.45) is 0 Å². The molecule has 156 valence electrons. The third-order valence-electron chi connectivity index (χ3n) is 2.98. The van der Waals surface area contributed by atoms with Crippen molar-refractivity contribution < 1.29 is 58.1 Å². The Balaban J connectivity index is 2.02. The van der Waals surface area contributed by atoms with Crippen LogP contribution in [0, 0.1) is 58.2 Å². The summed E-state index contributed by atoms with van der Waals surface area (Å²) in [4.78, 5) is 0. The predicted octanol–water partition coefficient (Wildman–Crippen LogP) is 5.49. The monoisotopic (exact) mass is 434 g/mol. The van der Waals surface area contributed by atoms with Crippen molar-refractivity contribution in [2.45, 2.75) is 0 Å². The van der Waals surface area contributed by atoms with Crippen LogP contribution in [0.25, 0.3) is 0 Å². The predicted molar refractivity (Wildman–Crippen MR) is 73.1 cm³/mol. The molecule has 0 heterocycles. The Morgan fingerprint density at radius 2 is 0.586 bits per heavy atom. The van der Waals surface area contributed by atoms with Gasteiger partial charge in [-0.1, -0.05) is 0 Å². The normalized spacial score (nSPS) is 11.5. The van der Waals surface area contributed by atoms with Gasteiger partial charge in [-0.2, -0.15) is 17.6 Å². The third-order valence-corrected chi connectivity index (χ3v) is 2.98. The van der Waals surface area contributed by atoms with Gasteiger partial charge in [0, 0.05) is 0 Å². The summed E-state index contributed by atoms with van der Waals surface area (Å²) in [6.45, 7) is 0. The Bertz CT molecular complexity index is 866. The van der Waals surface area contributed by atoms with Crippen molar-refractivity contribution in [2.75, 3.05) is 0 Å². The first-order valence-electron chi connectivity index (χ1n) is 6.91. The van der Waals surface area contributed by atoms with Crippen LogP contribution in [0.5, 0.6) is 11.5 Å². The van der Waals surface area contributed by atoms with Crippen LogP contribution >= 0.6 is 0 Å². The fourth-order valence-electron chi connectivity index (χ4n) is 1.68. The van der Waals surface area contributed by atoms with Crippen molar-refractivity contribution in [3.8, 4) is 11.5 Å². The average Bonchev–Trinajstić information content (AvgIpc) is 2.71. The molecule has 0 aliphatic rings. The standard InChI is InChI=1S/C16H4F10O3/c17-5-7(19)11(23)15(12(24)8(5)20)28-3-1-27-2-4-29-16-13(25)9(21)6(18)10(22)14(16)26/h1-4H. The van der Waals surface area contributed by atoms with E-state index < -0.39 is 69.7 Å². The molecule has 0 amide bonds. The van der Waals surface area contributed by atoms with Gasteiger partial charge in [0.2, 0.25) is 69.7 Å². The molecule has 0 radical (unpaired) electrons.